The lowest BCUT2D eigenvalue weighted by Gasteiger charge is -2.35. The number of anilines is 1. The van der Waals surface area contributed by atoms with Crippen molar-refractivity contribution in [2.24, 2.45) is 0 Å². The van der Waals surface area contributed by atoms with Gasteiger partial charge >= 0.3 is 0 Å². The number of rotatable bonds is 4. The molecule has 1 heterocycles. The summed E-state index contributed by atoms with van der Waals surface area (Å²) in [4.78, 5) is 2.55. The highest BCUT2D eigenvalue weighted by molar-refractivity contribution is 5.55. The second kappa shape index (κ2) is 6.24. The third kappa shape index (κ3) is 3.26. The van der Waals surface area contributed by atoms with Gasteiger partial charge in [0, 0.05) is 24.8 Å². The Balaban J connectivity index is 1.94. The average Bonchev–Trinajstić information content (AvgIpc) is 2.40. The summed E-state index contributed by atoms with van der Waals surface area (Å²) in [6.45, 7) is 10.2. The van der Waals surface area contributed by atoms with Crippen LogP contribution in [0.15, 0.2) is 18.2 Å². The van der Waals surface area contributed by atoms with Gasteiger partial charge in [-0.25, -0.2) is 0 Å². The van der Waals surface area contributed by atoms with Crippen LogP contribution in [0.3, 0.4) is 0 Å². The maximum absolute atomic E-state index is 3.64. The van der Waals surface area contributed by atoms with Gasteiger partial charge in [0.05, 0.1) is 0 Å². The summed E-state index contributed by atoms with van der Waals surface area (Å²) in [5, 5.41) is 3.64. The van der Waals surface area contributed by atoms with Crippen LogP contribution in [-0.2, 0) is 0 Å². The van der Waals surface area contributed by atoms with Gasteiger partial charge < -0.3 is 10.2 Å². The van der Waals surface area contributed by atoms with Gasteiger partial charge in [-0.15, -0.1) is 0 Å². The largest absolute Gasteiger partial charge is 0.371 e. The number of hydrogen-bond acceptors (Lipinski definition) is 2. The minimum absolute atomic E-state index is 0.728. The molecule has 1 fully saturated rings. The quantitative estimate of drug-likeness (QED) is 0.877. The van der Waals surface area contributed by atoms with Crippen LogP contribution in [0.5, 0.6) is 0 Å². The van der Waals surface area contributed by atoms with Gasteiger partial charge in [-0.3, -0.25) is 0 Å². The Bertz CT molecular complexity index is 379. The molecule has 1 N–H and O–H groups in total. The van der Waals surface area contributed by atoms with E-state index in [4.69, 9.17) is 0 Å². The van der Waals surface area contributed by atoms with Gasteiger partial charge in [0.1, 0.15) is 0 Å². The van der Waals surface area contributed by atoms with Crippen LogP contribution in [0.1, 0.15) is 37.3 Å². The van der Waals surface area contributed by atoms with E-state index >= 15 is 0 Å². The van der Waals surface area contributed by atoms with Gasteiger partial charge in [-0.2, -0.15) is 0 Å². The molecule has 0 aromatic heterocycles. The minimum atomic E-state index is 0.728. The van der Waals surface area contributed by atoms with Gasteiger partial charge in [0.2, 0.25) is 0 Å². The Kier molecular flexibility index (Phi) is 4.65. The molecule has 0 saturated carbocycles. The highest BCUT2D eigenvalue weighted by Gasteiger charge is 2.19. The molecular formula is C16H26N2. The molecule has 100 valence electrons. The van der Waals surface area contributed by atoms with Crippen molar-refractivity contribution < 1.29 is 0 Å². The van der Waals surface area contributed by atoms with Crippen LogP contribution in [0.4, 0.5) is 5.69 Å². The highest BCUT2D eigenvalue weighted by atomic mass is 15.1. The van der Waals surface area contributed by atoms with Crippen molar-refractivity contribution in [2.75, 3.05) is 24.5 Å². The van der Waals surface area contributed by atoms with Crippen LogP contribution in [0.2, 0.25) is 0 Å². The van der Waals surface area contributed by atoms with E-state index in [1.807, 2.05) is 0 Å². The number of nitrogens with one attached hydrogen (secondary N) is 1. The average molecular weight is 246 g/mol. The molecule has 2 heteroatoms. The molecule has 0 aliphatic carbocycles. The van der Waals surface area contributed by atoms with E-state index in [1.165, 1.54) is 49.2 Å². The summed E-state index contributed by atoms with van der Waals surface area (Å²) in [5.41, 5.74) is 4.20. The van der Waals surface area contributed by atoms with Gasteiger partial charge in [-0.1, -0.05) is 19.1 Å². The third-order valence-electron chi connectivity index (χ3n) is 3.88. The van der Waals surface area contributed by atoms with Crippen LogP contribution in [-0.4, -0.2) is 25.7 Å². The number of benzene rings is 1. The van der Waals surface area contributed by atoms with Crippen molar-refractivity contribution in [3.8, 4) is 0 Å². The van der Waals surface area contributed by atoms with Crippen molar-refractivity contribution in [2.45, 2.75) is 46.1 Å². The first-order valence-corrected chi connectivity index (χ1v) is 7.26. The van der Waals surface area contributed by atoms with Crippen molar-refractivity contribution in [1.29, 1.82) is 0 Å². The first-order valence-electron chi connectivity index (χ1n) is 7.26. The highest BCUT2D eigenvalue weighted by Crippen LogP contribution is 2.24. The zero-order valence-electron chi connectivity index (χ0n) is 12.0. The van der Waals surface area contributed by atoms with E-state index < -0.39 is 0 Å². The lowest BCUT2D eigenvalue weighted by Crippen LogP contribution is -2.43. The second-order valence-electron chi connectivity index (χ2n) is 5.51. The summed E-state index contributed by atoms with van der Waals surface area (Å²) in [7, 11) is 0. The normalized spacial score (nSPS) is 17.2. The van der Waals surface area contributed by atoms with Crippen molar-refractivity contribution in [1.82, 2.24) is 5.32 Å². The van der Waals surface area contributed by atoms with Crippen LogP contribution in [0, 0.1) is 13.8 Å². The topological polar surface area (TPSA) is 15.3 Å². The van der Waals surface area contributed by atoms with E-state index in [9.17, 15) is 0 Å². The Morgan fingerprint density at radius 3 is 2.61 bits per heavy atom. The maximum Gasteiger partial charge on any atom is 0.0398 e. The van der Waals surface area contributed by atoms with Crippen LogP contribution in [0.25, 0.3) is 0 Å². The summed E-state index contributed by atoms with van der Waals surface area (Å²) in [6, 6.07) is 7.50. The van der Waals surface area contributed by atoms with Gasteiger partial charge in [-0.05, 0) is 56.8 Å². The van der Waals surface area contributed by atoms with E-state index in [1.54, 1.807) is 0 Å². The summed E-state index contributed by atoms with van der Waals surface area (Å²) >= 11 is 0. The molecule has 0 atom stereocenters. The molecule has 18 heavy (non-hydrogen) atoms. The lowest BCUT2D eigenvalue weighted by molar-refractivity contribution is 0.415. The number of hydrogen-bond donors (Lipinski definition) is 1. The molecule has 0 spiro atoms. The van der Waals surface area contributed by atoms with Crippen molar-refractivity contribution in [3.63, 3.8) is 0 Å². The zero-order chi connectivity index (χ0) is 13.0. The molecule has 0 unspecified atom stereocenters. The summed E-state index contributed by atoms with van der Waals surface area (Å²) in [6.07, 6.45) is 3.78. The van der Waals surface area contributed by atoms with Gasteiger partial charge in [0.25, 0.3) is 0 Å². The maximum atomic E-state index is 3.64. The molecule has 0 radical (unpaired) electrons. The second-order valence-corrected chi connectivity index (χ2v) is 5.51. The SMILES string of the molecule is CCCNC1CCN(c2cc(C)ccc2C)CC1. The fraction of sp³-hybridized carbons (Fsp3) is 0.625. The standard InChI is InChI=1S/C16H26N2/c1-4-9-17-15-7-10-18(11-8-15)16-12-13(2)5-6-14(16)3/h5-6,12,15,17H,4,7-11H2,1-3H3. The van der Waals surface area contributed by atoms with Crippen LogP contribution >= 0.6 is 0 Å². The molecule has 1 aliphatic heterocycles. The predicted molar refractivity (Wildman–Crippen MR) is 79.4 cm³/mol. The monoisotopic (exact) mass is 246 g/mol. The van der Waals surface area contributed by atoms with E-state index in [-0.39, 0.29) is 0 Å². The fourth-order valence-electron chi connectivity index (χ4n) is 2.73. The summed E-state index contributed by atoms with van der Waals surface area (Å²) in [5.74, 6) is 0. The first-order chi connectivity index (χ1) is 8.70. The smallest absolute Gasteiger partial charge is 0.0398 e. The Labute approximate surface area is 111 Å². The number of nitrogens with zero attached hydrogens (tertiary/aromatic N) is 1. The molecule has 2 rings (SSSR count). The van der Waals surface area contributed by atoms with Crippen molar-refractivity contribution >= 4 is 5.69 Å². The molecule has 0 bridgehead atoms. The first kappa shape index (κ1) is 13.4. The minimum Gasteiger partial charge on any atom is -0.371 e. The van der Waals surface area contributed by atoms with E-state index in [2.05, 4.69) is 49.2 Å². The fourth-order valence-corrected chi connectivity index (χ4v) is 2.73. The molecule has 2 nitrogen and oxygen atoms in total. The summed E-state index contributed by atoms with van der Waals surface area (Å²) < 4.78 is 0. The Morgan fingerprint density at radius 2 is 1.94 bits per heavy atom. The molecule has 1 aromatic rings. The van der Waals surface area contributed by atoms with Crippen LogP contribution < -0.4 is 10.2 Å². The Hall–Kier alpha value is -1.02. The van der Waals surface area contributed by atoms with E-state index in [0.29, 0.717) is 0 Å². The molecular weight excluding hydrogens is 220 g/mol. The molecule has 1 saturated heterocycles. The molecule has 1 aliphatic rings. The molecule has 1 aromatic carbocycles. The lowest BCUT2D eigenvalue weighted by atomic mass is 10.0. The predicted octanol–water partition coefficient (Wildman–Crippen LogP) is 3.27. The number of piperidine rings is 1. The third-order valence-corrected chi connectivity index (χ3v) is 3.88. The molecule has 0 amide bonds. The Morgan fingerprint density at radius 1 is 1.22 bits per heavy atom. The van der Waals surface area contributed by atoms with E-state index in [0.717, 1.165) is 12.6 Å². The van der Waals surface area contributed by atoms with Crippen molar-refractivity contribution in [3.05, 3.63) is 29.3 Å². The zero-order valence-corrected chi connectivity index (χ0v) is 12.0. The van der Waals surface area contributed by atoms with Gasteiger partial charge in [0.15, 0.2) is 0 Å². The number of aryl methyl sites for hydroxylation is 2.